The van der Waals surface area contributed by atoms with Crippen LogP contribution in [0.1, 0.15) is 6.42 Å². The van der Waals surface area contributed by atoms with Crippen LogP contribution in [0, 0.1) is 0 Å². The smallest absolute Gasteiger partial charge is 0.0615 e. The minimum absolute atomic E-state index is 0.0294. The van der Waals surface area contributed by atoms with E-state index in [1.54, 1.807) is 0 Å². The van der Waals surface area contributed by atoms with E-state index in [1.165, 1.54) is 0 Å². The highest BCUT2D eigenvalue weighted by molar-refractivity contribution is 7.37. The molecule has 0 saturated carbocycles. The van der Waals surface area contributed by atoms with Crippen molar-refractivity contribution in [2.75, 3.05) is 6.16 Å². The van der Waals surface area contributed by atoms with Gasteiger partial charge in [0.1, 0.15) is 0 Å². The first-order valence-electron chi connectivity index (χ1n) is 3.12. The Hall–Kier alpha value is 0.260. The van der Waals surface area contributed by atoms with Crippen LogP contribution in [-0.2, 0) is 0 Å². The van der Waals surface area contributed by atoms with E-state index in [1.807, 2.05) is 0 Å². The molecule has 2 nitrogen and oxygen atoms in total. The van der Waals surface area contributed by atoms with Crippen LogP contribution in [0.3, 0.4) is 0 Å². The van der Waals surface area contributed by atoms with Crippen LogP contribution in [-0.4, -0.2) is 30.6 Å². The predicted molar refractivity (Wildman–Crippen MR) is 53.5 cm³/mol. The van der Waals surface area contributed by atoms with Gasteiger partial charge < -0.3 is 11.5 Å². The Morgan fingerprint density at radius 1 is 1.30 bits per heavy atom. The zero-order chi connectivity index (χ0) is 7.98. The summed E-state index contributed by atoms with van der Waals surface area (Å²) in [4.78, 5) is 0. The lowest BCUT2D eigenvalue weighted by molar-refractivity contribution is 0.631. The first-order chi connectivity index (χ1) is 4.72. The number of hydrogen-bond acceptors (Lipinski definition) is 2. The molecule has 0 aromatic rings. The monoisotopic (exact) mass is 176 g/mol. The van der Waals surface area contributed by atoms with Crippen molar-refractivity contribution in [1.29, 1.82) is 0 Å². The fourth-order valence-electron chi connectivity index (χ4n) is 0.547. The third-order valence-electron chi connectivity index (χ3n) is 1.27. The Morgan fingerprint density at radius 3 is 2.30 bits per heavy atom. The summed E-state index contributed by atoms with van der Waals surface area (Å²) in [6.07, 6.45) is 9.35. The van der Waals surface area contributed by atoms with Crippen LogP contribution in [0.5, 0.6) is 0 Å². The number of rotatable bonds is 5. The molecule has 10 heavy (non-hydrogen) atoms. The maximum absolute atomic E-state index is 5.71. The van der Waals surface area contributed by atoms with Crippen molar-refractivity contribution >= 4 is 29.0 Å². The van der Waals surface area contributed by atoms with E-state index >= 15 is 0 Å². The van der Waals surface area contributed by atoms with Gasteiger partial charge >= 0.3 is 0 Å². The highest BCUT2D eigenvalue weighted by Crippen LogP contribution is 2.07. The van der Waals surface area contributed by atoms with Gasteiger partial charge in [-0.3, -0.25) is 0 Å². The van der Waals surface area contributed by atoms with Gasteiger partial charge in [-0.05, 0) is 12.6 Å². The molecule has 0 radical (unpaired) electrons. The molecular formula is C6H14N2P2. The fraction of sp³-hybridized carbons (Fsp3) is 0.667. The molecule has 0 aliphatic carbocycles. The van der Waals surface area contributed by atoms with Crippen LogP contribution < -0.4 is 11.5 Å². The molecule has 4 N–H and O–H groups in total. The predicted octanol–water partition coefficient (Wildman–Crippen LogP) is 0.745. The lowest BCUT2D eigenvalue weighted by Crippen LogP contribution is -2.37. The van der Waals surface area contributed by atoms with Gasteiger partial charge in [0.2, 0.25) is 0 Å². The normalized spacial score (nSPS) is 17.4. The molecule has 0 fully saturated rings. The lowest BCUT2D eigenvalue weighted by atomic mass is 10.2. The van der Waals surface area contributed by atoms with Gasteiger partial charge in [-0.1, -0.05) is 20.8 Å². The molecule has 0 aliphatic rings. The molecular weight excluding hydrogens is 162 g/mol. The van der Waals surface area contributed by atoms with Crippen LogP contribution in [0.15, 0.2) is 0 Å². The molecule has 0 aliphatic heterocycles. The fourth-order valence-corrected chi connectivity index (χ4v) is 1.45. The van der Waals surface area contributed by atoms with Gasteiger partial charge in [0, 0.05) is 6.04 Å². The zero-order valence-electron chi connectivity index (χ0n) is 6.03. The van der Waals surface area contributed by atoms with E-state index in [4.69, 9.17) is 11.5 Å². The van der Waals surface area contributed by atoms with Gasteiger partial charge in [-0.2, -0.15) is 0 Å². The molecule has 0 aromatic carbocycles. The summed E-state index contributed by atoms with van der Waals surface area (Å²) < 4.78 is 0. The van der Waals surface area contributed by atoms with E-state index < -0.39 is 0 Å². The molecule has 2 atom stereocenters. The highest BCUT2D eigenvalue weighted by atomic mass is 31.1. The quantitative estimate of drug-likeness (QED) is 0.607. The molecule has 0 bridgehead atoms. The standard InChI is InChI=1S/C6H14N2P2/c1-9-4-3-5(7)6(8)10-2/h5-6H,1-4,7-8H2. The number of hydrogen-bond donors (Lipinski definition) is 2. The average molecular weight is 176 g/mol. The molecule has 0 saturated heterocycles. The van der Waals surface area contributed by atoms with Gasteiger partial charge in [0.25, 0.3) is 0 Å². The molecule has 58 valence electrons. The third kappa shape index (κ3) is 4.14. The molecule has 0 rings (SSSR count). The van der Waals surface area contributed by atoms with E-state index in [0.717, 1.165) is 29.0 Å². The summed E-state index contributed by atoms with van der Waals surface area (Å²) in [5.41, 5.74) is 11.3. The van der Waals surface area contributed by atoms with Crippen LogP contribution in [0.4, 0.5) is 0 Å². The summed E-state index contributed by atoms with van der Waals surface area (Å²) >= 11 is 0. The second kappa shape index (κ2) is 6.00. The number of nitrogens with two attached hydrogens (primary N) is 2. The SMILES string of the molecule is C=PCCC(N)C(N)P=C. The summed E-state index contributed by atoms with van der Waals surface area (Å²) in [5, 5.41) is 0. The summed E-state index contributed by atoms with van der Waals surface area (Å²) in [6.45, 7) is 0. The Balaban J connectivity index is 3.49. The molecule has 0 aromatic heterocycles. The second-order valence-electron chi connectivity index (χ2n) is 2.07. The Labute approximate surface area is 65.6 Å². The first-order valence-corrected chi connectivity index (χ1v) is 5.53. The summed E-state index contributed by atoms with van der Waals surface area (Å²) in [7, 11) is 2.07. The minimum Gasteiger partial charge on any atom is -0.326 e. The maximum atomic E-state index is 5.71. The molecule has 0 amide bonds. The summed E-state index contributed by atoms with van der Waals surface area (Å²) in [6, 6.07) is 0.0911. The largest absolute Gasteiger partial charge is 0.326 e. The third-order valence-corrected chi connectivity index (χ3v) is 2.65. The molecule has 2 unspecified atom stereocenters. The van der Waals surface area contributed by atoms with Gasteiger partial charge in [-0.25, -0.2) is 0 Å². The first kappa shape index (κ1) is 10.3. The van der Waals surface area contributed by atoms with Gasteiger partial charge in [-0.15, -0.1) is 8.20 Å². The van der Waals surface area contributed by atoms with E-state index in [9.17, 15) is 0 Å². The van der Waals surface area contributed by atoms with Crippen molar-refractivity contribution in [2.24, 2.45) is 11.5 Å². The van der Waals surface area contributed by atoms with Crippen molar-refractivity contribution in [3.63, 3.8) is 0 Å². The zero-order valence-corrected chi connectivity index (χ0v) is 7.82. The minimum atomic E-state index is 0.0294. The van der Waals surface area contributed by atoms with Gasteiger partial charge in [0.05, 0.1) is 5.78 Å². The van der Waals surface area contributed by atoms with Crippen molar-refractivity contribution in [3.05, 3.63) is 0 Å². The molecule has 0 heterocycles. The highest BCUT2D eigenvalue weighted by Gasteiger charge is 2.07. The van der Waals surface area contributed by atoms with E-state index in [0.29, 0.717) is 0 Å². The van der Waals surface area contributed by atoms with Crippen molar-refractivity contribution < 1.29 is 0 Å². The molecule has 0 spiro atoms. The van der Waals surface area contributed by atoms with Crippen LogP contribution >= 0.6 is 16.4 Å². The lowest BCUT2D eigenvalue weighted by Gasteiger charge is -2.13. The Kier molecular flexibility index (Phi) is 6.16. The Morgan fingerprint density at radius 2 is 1.90 bits per heavy atom. The van der Waals surface area contributed by atoms with Crippen LogP contribution in [0.25, 0.3) is 0 Å². The van der Waals surface area contributed by atoms with E-state index in [2.05, 4.69) is 12.6 Å². The topological polar surface area (TPSA) is 52.0 Å². The van der Waals surface area contributed by atoms with E-state index in [-0.39, 0.29) is 11.8 Å². The molecule has 4 heteroatoms. The van der Waals surface area contributed by atoms with Crippen LogP contribution in [0.2, 0.25) is 0 Å². The average Bonchev–Trinajstić information content (AvgIpc) is 1.98. The second-order valence-corrected chi connectivity index (χ2v) is 3.93. The Bertz CT molecular complexity index is 116. The van der Waals surface area contributed by atoms with Crippen molar-refractivity contribution in [1.82, 2.24) is 0 Å². The van der Waals surface area contributed by atoms with Crippen molar-refractivity contribution in [2.45, 2.75) is 18.2 Å². The maximum Gasteiger partial charge on any atom is 0.0615 e. The van der Waals surface area contributed by atoms with Gasteiger partial charge in [0.15, 0.2) is 0 Å². The summed E-state index contributed by atoms with van der Waals surface area (Å²) in [5.74, 6) is 0.0294. The van der Waals surface area contributed by atoms with Crippen molar-refractivity contribution in [3.8, 4) is 0 Å².